The predicted molar refractivity (Wildman–Crippen MR) is 81.6 cm³/mol. The highest BCUT2D eigenvalue weighted by atomic mass is 32.1. The highest BCUT2D eigenvalue weighted by Crippen LogP contribution is 2.27. The van der Waals surface area contributed by atoms with Crippen molar-refractivity contribution >= 4 is 29.1 Å². The Hall–Kier alpha value is -2.08. The summed E-state index contributed by atoms with van der Waals surface area (Å²) in [6, 6.07) is 5.65. The molecule has 0 aromatic heterocycles. The molecule has 0 saturated heterocycles. The van der Waals surface area contributed by atoms with Crippen LogP contribution in [-0.2, 0) is 0 Å². The number of allylic oxidation sites excluding steroid dienone is 1. The van der Waals surface area contributed by atoms with Crippen LogP contribution in [-0.4, -0.2) is 25.0 Å². The second kappa shape index (κ2) is 7.38. The Kier molecular flexibility index (Phi) is 5.81. The van der Waals surface area contributed by atoms with E-state index < -0.39 is 0 Å². The van der Waals surface area contributed by atoms with Crippen LogP contribution in [0.5, 0.6) is 11.5 Å². The standard InChI is InChI=1S/C13H17N3O2S/c1-9(15-16-13(14)19)4-5-10-6-7-11(17-2)12(8-10)18-3/h4-8H,1-3H3,(H3,14,16,19)/b5-4+,15-9-. The summed E-state index contributed by atoms with van der Waals surface area (Å²) in [5.41, 5.74) is 9.53. The van der Waals surface area contributed by atoms with Crippen LogP contribution in [0.1, 0.15) is 12.5 Å². The lowest BCUT2D eigenvalue weighted by molar-refractivity contribution is 0.355. The first-order valence-electron chi connectivity index (χ1n) is 5.56. The Balaban J connectivity index is 2.82. The minimum Gasteiger partial charge on any atom is -0.493 e. The van der Waals surface area contributed by atoms with Gasteiger partial charge >= 0.3 is 0 Å². The molecule has 0 aliphatic rings. The van der Waals surface area contributed by atoms with Crippen molar-refractivity contribution in [2.75, 3.05) is 14.2 Å². The van der Waals surface area contributed by atoms with Crippen LogP contribution >= 0.6 is 12.2 Å². The molecule has 0 amide bonds. The lowest BCUT2D eigenvalue weighted by Gasteiger charge is -2.07. The van der Waals surface area contributed by atoms with Crippen molar-refractivity contribution in [2.45, 2.75) is 6.92 Å². The molecule has 1 rings (SSSR count). The molecule has 1 aromatic rings. The average molecular weight is 279 g/mol. The zero-order valence-electron chi connectivity index (χ0n) is 11.1. The zero-order valence-corrected chi connectivity index (χ0v) is 12.0. The molecule has 0 fully saturated rings. The summed E-state index contributed by atoms with van der Waals surface area (Å²) in [5.74, 6) is 1.38. The van der Waals surface area contributed by atoms with Gasteiger partial charge in [-0.3, -0.25) is 5.43 Å². The van der Waals surface area contributed by atoms with E-state index in [4.69, 9.17) is 15.2 Å². The average Bonchev–Trinajstić information content (AvgIpc) is 2.42. The van der Waals surface area contributed by atoms with Crippen LogP contribution in [0.3, 0.4) is 0 Å². The van der Waals surface area contributed by atoms with Crippen molar-refractivity contribution in [2.24, 2.45) is 10.8 Å². The molecule has 6 heteroatoms. The van der Waals surface area contributed by atoms with Crippen molar-refractivity contribution in [3.63, 3.8) is 0 Å². The number of hydrogen-bond donors (Lipinski definition) is 2. The molecule has 0 unspecified atom stereocenters. The third-order valence-electron chi connectivity index (χ3n) is 2.27. The van der Waals surface area contributed by atoms with Crippen LogP contribution in [0, 0.1) is 0 Å². The molecule has 1 aromatic carbocycles. The van der Waals surface area contributed by atoms with Gasteiger partial charge in [0.05, 0.1) is 19.9 Å². The topological polar surface area (TPSA) is 68.9 Å². The number of nitrogens with one attached hydrogen (secondary N) is 1. The van der Waals surface area contributed by atoms with Crippen LogP contribution in [0.25, 0.3) is 6.08 Å². The Labute approximate surface area is 118 Å². The fourth-order valence-electron chi connectivity index (χ4n) is 1.35. The third kappa shape index (κ3) is 4.97. The van der Waals surface area contributed by atoms with E-state index >= 15 is 0 Å². The van der Waals surface area contributed by atoms with E-state index in [2.05, 4.69) is 22.7 Å². The number of rotatable bonds is 5. The van der Waals surface area contributed by atoms with Crippen LogP contribution in [0.4, 0.5) is 0 Å². The molecular weight excluding hydrogens is 262 g/mol. The van der Waals surface area contributed by atoms with E-state index in [9.17, 15) is 0 Å². The van der Waals surface area contributed by atoms with Gasteiger partial charge in [0.1, 0.15) is 0 Å². The number of nitrogens with two attached hydrogens (primary N) is 1. The Morgan fingerprint density at radius 1 is 1.32 bits per heavy atom. The highest BCUT2D eigenvalue weighted by Gasteiger charge is 2.02. The van der Waals surface area contributed by atoms with Gasteiger partial charge in [0.25, 0.3) is 0 Å². The fourth-order valence-corrected chi connectivity index (χ4v) is 1.40. The second-order valence-corrected chi connectivity index (χ2v) is 4.12. The van der Waals surface area contributed by atoms with Crippen LogP contribution in [0.15, 0.2) is 29.4 Å². The maximum Gasteiger partial charge on any atom is 0.184 e. The molecule has 0 aliphatic heterocycles. The first-order chi connectivity index (χ1) is 9.06. The predicted octanol–water partition coefficient (Wildman–Crippen LogP) is 1.93. The number of methoxy groups -OCH3 is 2. The summed E-state index contributed by atoms with van der Waals surface area (Å²) in [4.78, 5) is 0. The first kappa shape index (κ1) is 15.0. The summed E-state index contributed by atoms with van der Waals surface area (Å²) in [5, 5.41) is 4.11. The quantitative estimate of drug-likeness (QED) is 0.489. The van der Waals surface area contributed by atoms with Gasteiger partial charge in [0, 0.05) is 0 Å². The number of ether oxygens (including phenoxy) is 2. The van der Waals surface area contributed by atoms with Crippen LogP contribution in [0.2, 0.25) is 0 Å². The molecule has 102 valence electrons. The highest BCUT2D eigenvalue weighted by molar-refractivity contribution is 7.80. The largest absolute Gasteiger partial charge is 0.493 e. The van der Waals surface area contributed by atoms with Crippen molar-refractivity contribution in [3.8, 4) is 11.5 Å². The van der Waals surface area contributed by atoms with E-state index in [1.807, 2.05) is 37.3 Å². The van der Waals surface area contributed by atoms with Crippen molar-refractivity contribution < 1.29 is 9.47 Å². The minimum absolute atomic E-state index is 0.138. The van der Waals surface area contributed by atoms with Gasteiger partial charge < -0.3 is 15.2 Å². The molecule has 0 atom stereocenters. The monoisotopic (exact) mass is 279 g/mol. The lowest BCUT2D eigenvalue weighted by Crippen LogP contribution is -2.24. The number of nitrogens with zero attached hydrogens (tertiary/aromatic N) is 1. The fraction of sp³-hybridized carbons (Fsp3) is 0.231. The van der Waals surface area contributed by atoms with Gasteiger partial charge in [-0.15, -0.1) is 0 Å². The maximum atomic E-state index is 5.28. The zero-order chi connectivity index (χ0) is 14.3. The van der Waals surface area contributed by atoms with Gasteiger partial charge in [-0.25, -0.2) is 0 Å². The second-order valence-electron chi connectivity index (χ2n) is 3.68. The summed E-state index contributed by atoms with van der Waals surface area (Å²) in [6.07, 6.45) is 3.74. The number of benzene rings is 1. The van der Waals surface area contributed by atoms with Crippen molar-refractivity contribution in [3.05, 3.63) is 29.8 Å². The Bertz CT molecular complexity index is 513. The maximum absolute atomic E-state index is 5.28. The van der Waals surface area contributed by atoms with E-state index in [-0.39, 0.29) is 5.11 Å². The molecule has 0 aliphatic carbocycles. The van der Waals surface area contributed by atoms with Gasteiger partial charge in [0.15, 0.2) is 16.6 Å². The Morgan fingerprint density at radius 2 is 2.00 bits per heavy atom. The van der Waals surface area contributed by atoms with Crippen LogP contribution < -0.4 is 20.6 Å². The van der Waals surface area contributed by atoms with E-state index in [1.54, 1.807) is 14.2 Å². The van der Waals surface area contributed by atoms with Gasteiger partial charge in [-0.2, -0.15) is 5.10 Å². The van der Waals surface area contributed by atoms with E-state index in [1.165, 1.54) is 0 Å². The van der Waals surface area contributed by atoms with Gasteiger partial charge in [-0.1, -0.05) is 12.1 Å². The van der Waals surface area contributed by atoms with Crippen molar-refractivity contribution in [1.29, 1.82) is 0 Å². The number of thiocarbonyl (C=S) groups is 1. The summed E-state index contributed by atoms with van der Waals surface area (Å²) < 4.78 is 10.4. The smallest absolute Gasteiger partial charge is 0.184 e. The van der Waals surface area contributed by atoms with Gasteiger partial charge in [-0.05, 0) is 42.9 Å². The first-order valence-corrected chi connectivity index (χ1v) is 5.97. The Morgan fingerprint density at radius 3 is 2.58 bits per heavy atom. The lowest BCUT2D eigenvalue weighted by atomic mass is 10.1. The molecule has 0 saturated carbocycles. The van der Waals surface area contributed by atoms with Gasteiger partial charge in [0.2, 0.25) is 0 Å². The molecule has 3 N–H and O–H groups in total. The normalized spacial score (nSPS) is 11.4. The summed E-state index contributed by atoms with van der Waals surface area (Å²) >= 11 is 4.66. The summed E-state index contributed by atoms with van der Waals surface area (Å²) in [7, 11) is 3.20. The molecule has 0 radical (unpaired) electrons. The molecule has 19 heavy (non-hydrogen) atoms. The van der Waals surface area contributed by atoms with E-state index in [0.717, 1.165) is 11.3 Å². The summed E-state index contributed by atoms with van der Waals surface area (Å²) in [6.45, 7) is 1.84. The molecule has 5 nitrogen and oxygen atoms in total. The third-order valence-corrected chi connectivity index (χ3v) is 2.36. The molecule has 0 bridgehead atoms. The number of hydrogen-bond acceptors (Lipinski definition) is 4. The van der Waals surface area contributed by atoms with Crippen molar-refractivity contribution in [1.82, 2.24) is 5.43 Å². The molecule has 0 spiro atoms. The number of hydrazone groups is 1. The molecular formula is C13H17N3O2S. The van der Waals surface area contributed by atoms with E-state index in [0.29, 0.717) is 11.5 Å². The minimum atomic E-state index is 0.138. The molecule has 0 heterocycles. The SMILES string of the molecule is COc1ccc(/C=C/C(C)=N\NC(N)=S)cc1OC.